The summed E-state index contributed by atoms with van der Waals surface area (Å²) >= 11 is 12.5. The van der Waals surface area contributed by atoms with Crippen molar-refractivity contribution in [2.45, 2.75) is 13.0 Å². The fourth-order valence-electron chi connectivity index (χ4n) is 4.35. The van der Waals surface area contributed by atoms with Crippen molar-refractivity contribution in [2.75, 3.05) is 13.6 Å². The van der Waals surface area contributed by atoms with Crippen LogP contribution in [0.1, 0.15) is 17.5 Å². The van der Waals surface area contributed by atoms with Gasteiger partial charge >= 0.3 is 0 Å². The number of amides is 2. The Morgan fingerprint density at radius 1 is 0.938 bits per heavy atom. The predicted molar refractivity (Wildman–Crippen MR) is 129 cm³/mol. The lowest BCUT2D eigenvalue weighted by Crippen LogP contribution is -2.22. The van der Waals surface area contributed by atoms with Crippen LogP contribution in [-0.2, 0) is 16.1 Å². The summed E-state index contributed by atoms with van der Waals surface area (Å²) in [6.07, 6.45) is 4.60. The van der Waals surface area contributed by atoms with Gasteiger partial charge < -0.3 is 14.9 Å². The number of nitrogens with one attached hydrogen (secondary N) is 3. The smallest absolute Gasteiger partial charge is 0.259 e. The molecule has 0 fully saturated rings. The van der Waals surface area contributed by atoms with Crippen LogP contribution in [-0.4, -0.2) is 35.0 Å². The van der Waals surface area contributed by atoms with E-state index in [0.717, 1.165) is 41.3 Å². The molecule has 2 aromatic carbocycles. The molecule has 0 atom stereocenters. The molecule has 0 saturated carbocycles. The van der Waals surface area contributed by atoms with Crippen molar-refractivity contribution in [1.82, 2.24) is 20.2 Å². The Labute approximate surface area is 194 Å². The summed E-state index contributed by atoms with van der Waals surface area (Å²) in [7, 11) is 1.91. The highest BCUT2D eigenvalue weighted by atomic mass is 35.5. The number of fused-ring (bicyclic) bond motifs is 2. The van der Waals surface area contributed by atoms with Gasteiger partial charge in [-0.05, 0) is 56.4 Å². The minimum Gasteiger partial charge on any atom is -0.361 e. The molecule has 1 aliphatic rings. The van der Waals surface area contributed by atoms with Crippen LogP contribution >= 0.6 is 23.2 Å². The van der Waals surface area contributed by atoms with Crippen LogP contribution in [0.5, 0.6) is 0 Å². The number of hydrogen-bond donors (Lipinski definition) is 3. The second-order valence-corrected chi connectivity index (χ2v) is 8.65. The summed E-state index contributed by atoms with van der Waals surface area (Å²) in [6, 6.07) is 11.0. The number of aromatic amines is 1. The van der Waals surface area contributed by atoms with Gasteiger partial charge in [-0.25, -0.2) is 0 Å². The Morgan fingerprint density at radius 3 is 2.38 bits per heavy atom. The molecule has 32 heavy (non-hydrogen) atoms. The van der Waals surface area contributed by atoms with Crippen LogP contribution in [0, 0.1) is 0 Å². The van der Waals surface area contributed by atoms with Gasteiger partial charge in [0, 0.05) is 61.9 Å². The zero-order valence-electron chi connectivity index (χ0n) is 17.3. The van der Waals surface area contributed by atoms with Crippen LogP contribution in [0.2, 0.25) is 10.0 Å². The summed E-state index contributed by atoms with van der Waals surface area (Å²) < 4.78 is 2.10. The molecule has 4 aromatic rings. The van der Waals surface area contributed by atoms with Crippen molar-refractivity contribution < 1.29 is 9.59 Å². The SMILES string of the molecule is CNCCCn1cc(C2=C(c3c[nH]c4ccc(Cl)cc34)C(=O)NC2=O)c2cc(Cl)ccc21. The zero-order chi connectivity index (χ0) is 22.4. The molecule has 0 spiro atoms. The Bertz CT molecular complexity index is 1430. The summed E-state index contributed by atoms with van der Waals surface area (Å²) in [6.45, 7) is 1.63. The number of imide groups is 1. The van der Waals surface area contributed by atoms with E-state index in [1.807, 2.05) is 37.5 Å². The maximum absolute atomic E-state index is 13.0. The predicted octanol–water partition coefficient (Wildman–Crippen LogP) is 4.61. The first-order valence-corrected chi connectivity index (χ1v) is 11.0. The summed E-state index contributed by atoms with van der Waals surface area (Å²) in [5, 5.41) is 8.36. The lowest BCUT2D eigenvalue weighted by molar-refractivity contribution is -0.122. The molecule has 3 heterocycles. The molecule has 2 aromatic heterocycles. The van der Waals surface area contributed by atoms with E-state index in [-0.39, 0.29) is 0 Å². The molecule has 162 valence electrons. The monoisotopic (exact) mass is 466 g/mol. The van der Waals surface area contributed by atoms with E-state index in [9.17, 15) is 9.59 Å². The van der Waals surface area contributed by atoms with E-state index in [1.165, 1.54) is 0 Å². The molecular formula is C24H20Cl2N4O2. The van der Waals surface area contributed by atoms with Gasteiger partial charge in [0.15, 0.2) is 0 Å². The summed E-state index contributed by atoms with van der Waals surface area (Å²) in [5.74, 6) is -0.848. The van der Waals surface area contributed by atoms with Gasteiger partial charge in [0.1, 0.15) is 0 Å². The first-order valence-electron chi connectivity index (χ1n) is 10.3. The third kappa shape index (κ3) is 3.41. The van der Waals surface area contributed by atoms with Crippen molar-refractivity contribution in [3.63, 3.8) is 0 Å². The van der Waals surface area contributed by atoms with E-state index < -0.39 is 11.8 Å². The van der Waals surface area contributed by atoms with E-state index in [0.29, 0.717) is 32.3 Å². The maximum Gasteiger partial charge on any atom is 0.259 e. The second-order valence-electron chi connectivity index (χ2n) is 7.78. The average molecular weight is 467 g/mol. The second kappa shape index (κ2) is 8.13. The molecule has 8 heteroatoms. The van der Waals surface area contributed by atoms with E-state index in [1.54, 1.807) is 18.3 Å². The largest absolute Gasteiger partial charge is 0.361 e. The van der Waals surface area contributed by atoms with Crippen LogP contribution in [0.15, 0.2) is 48.8 Å². The van der Waals surface area contributed by atoms with Gasteiger partial charge in [-0.2, -0.15) is 0 Å². The molecule has 3 N–H and O–H groups in total. The zero-order valence-corrected chi connectivity index (χ0v) is 18.8. The first-order chi connectivity index (χ1) is 15.5. The normalized spacial score (nSPS) is 14.2. The number of aromatic nitrogens is 2. The number of benzene rings is 2. The van der Waals surface area contributed by atoms with Gasteiger partial charge in [-0.15, -0.1) is 0 Å². The fourth-order valence-corrected chi connectivity index (χ4v) is 4.69. The quantitative estimate of drug-likeness (QED) is 0.286. The molecule has 6 nitrogen and oxygen atoms in total. The topological polar surface area (TPSA) is 78.9 Å². The molecule has 5 rings (SSSR count). The lowest BCUT2D eigenvalue weighted by atomic mass is 9.95. The van der Waals surface area contributed by atoms with E-state index in [4.69, 9.17) is 23.2 Å². The van der Waals surface area contributed by atoms with E-state index in [2.05, 4.69) is 20.2 Å². The van der Waals surface area contributed by atoms with Crippen LogP contribution in [0.25, 0.3) is 33.0 Å². The van der Waals surface area contributed by atoms with Crippen molar-refractivity contribution >= 4 is 68.0 Å². The minimum absolute atomic E-state index is 0.331. The van der Waals surface area contributed by atoms with Crippen LogP contribution < -0.4 is 10.6 Å². The van der Waals surface area contributed by atoms with Crippen molar-refractivity contribution in [2.24, 2.45) is 0 Å². The highest BCUT2D eigenvalue weighted by molar-refractivity contribution is 6.51. The van der Waals surface area contributed by atoms with Gasteiger partial charge in [-0.3, -0.25) is 14.9 Å². The molecule has 0 saturated heterocycles. The van der Waals surface area contributed by atoms with Crippen molar-refractivity contribution in [3.8, 4) is 0 Å². The van der Waals surface area contributed by atoms with Gasteiger partial charge in [0.2, 0.25) is 0 Å². The number of carbonyl (C=O) groups excluding carboxylic acids is 2. The molecule has 1 aliphatic heterocycles. The molecule has 0 aliphatic carbocycles. The minimum atomic E-state index is -0.427. The Morgan fingerprint density at radius 2 is 1.62 bits per heavy atom. The Hall–Kier alpha value is -3.06. The fraction of sp³-hybridized carbons (Fsp3) is 0.167. The molecule has 2 amide bonds. The summed E-state index contributed by atoms with van der Waals surface area (Å²) in [5.41, 5.74) is 3.79. The number of carbonyl (C=O) groups is 2. The number of aryl methyl sites for hydroxylation is 1. The van der Waals surface area contributed by atoms with E-state index >= 15 is 0 Å². The third-order valence-corrected chi connectivity index (χ3v) is 6.25. The summed E-state index contributed by atoms with van der Waals surface area (Å²) in [4.78, 5) is 29.1. The average Bonchev–Trinajstić information content (AvgIpc) is 3.41. The maximum atomic E-state index is 13.0. The number of rotatable bonds is 6. The molecule has 0 bridgehead atoms. The Kier molecular flexibility index (Phi) is 5.29. The standard InChI is InChI=1S/C24H20Cl2N4O2/c1-27-7-2-8-30-12-18(16-10-14(26)4-6-20(16)30)22-21(23(31)29-24(22)32)17-11-28-19-5-3-13(25)9-15(17)19/h3-6,9-12,27-28H,2,7-8H2,1H3,(H,29,31,32). The number of hydrogen-bond acceptors (Lipinski definition) is 3. The number of halogens is 2. The number of nitrogens with zero attached hydrogens (tertiary/aromatic N) is 1. The van der Waals surface area contributed by atoms with Crippen LogP contribution in [0.3, 0.4) is 0 Å². The highest BCUT2D eigenvalue weighted by Crippen LogP contribution is 2.39. The first kappa shape index (κ1) is 20.8. The van der Waals surface area contributed by atoms with Gasteiger partial charge in [0.05, 0.1) is 11.1 Å². The molecule has 0 radical (unpaired) electrons. The van der Waals surface area contributed by atoms with Crippen molar-refractivity contribution in [3.05, 3.63) is 70.0 Å². The number of H-pyrrole nitrogens is 1. The third-order valence-electron chi connectivity index (χ3n) is 5.78. The lowest BCUT2D eigenvalue weighted by Gasteiger charge is -2.04. The Balaban J connectivity index is 1.76. The van der Waals surface area contributed by atoms with Crippen LogP contribution in [0.4, 0.5) is 0 Å². The highest BCUT2D eigenvalue weighted by Gasteiger charge is 2.35. The molecular weight excluding hydrogens is 447 g/mol. The van der Waals surface area contributed by atoms with Gasteiger partial charge in [-0.1, -0.05) is 23.2 Å². The molecule has 0 unspecified atom stereocenters. The van der Waals surface area contributed by atoms with Gasteiger partial charge in [0.25, 0.3) is 11.8 Å². The van der Waals surface area contributed by atoms with Crippen molar-refractivity contribution in [1.29, 1.82) is 0 Å².